The van der Waals surface area contributed by atoms with E-state index in [1.165, 1.54) is 16.0 Å². The summed E-state index contributed by atoms with van der Waals surface area (Å²) >= 11 is 6.31. The fraction of sp³-hybridized carbons (Fsp3) is 0.417. The molecule has 1 aliphatic carbocycles. The zero-order valence-electron chi connectivity index (χ0n) is 19.0. The third-order valence-corrected chi connectivity index (χ3v) is 6.55. The van der Waals surface area contributed by atoms with Gasteiger partial charge in [0.15, 0.2) is 18.2 Å². The second-order valence-corrected chi connectivity index (χ2v) is 8.96. The highest BCUT2D eigenvalue weighted by atomic mass is 35.5. The van der Waals surface area contributed by atoms with E-state index in [9.17, 15) is 9.59 Å². The number of benzene rings is 1. The number of aromatic nitrogens is 1. The van der Waals surface area contributed by atoms with Crippen molar-refractivity contribution in [1.82, 2.24) is 10.3 Å². The molecular weight excluding hydrogens is 476 g/mol. The lowest BCUT2D eigenvalue weighted by Crippen LogP contribution is -2.29. The number of halogens is 1. The maximum atomic E-state index is 12.3. The molecule has 2 amide bonds. The highest BCUT2D eigenvalue weighted by Crippen LogP contribution is 2.33. The number of fused-ring (bicyclic) bond motifs is 2. The van der Waals surface area contributed by atoms with E-state index in [0.29, 0.717) is 29.8 Å². The Bertz CT molecular complexity index is 1100. The molecule has 5 rings (SSSR count). The third kappa shape index (κ3) is 6.01. The van der Waals surface area contributed by atoms with Crippen LogP contribution in [-0.2, 0) is 27.2 Å². The number of rotatable bonds is 7. The number of hydrogen-bond acceptors (Lipinski definition) is 7. The van der Waals surface area contributed by atoms with Crippen molar-refractivity contribution in [3.8, 4) is 5.75 Å². The monoisotopic (exact) mass is 502 g/mol. The minimum Gasteiger partial charge on any atom is -0.483 e. The molecule has 2 atom stereocenters. The maximum absolute atomic E-state index is 12.3. The number of pyridine rings is 1. The molecule has 2 aliphatic heterocycles. The van der Waals surface area contributed by atoms with Gasteiger partial charge >= 0.3 is 6.09 Å². The summed E-state index contributed by atoms with van der Waals surface area (Å²) in [5.74, 6) is 1.62. The molecule has 35 heavy (non-hydrogen) atoms. The van der Waals surface area contributed by atoms with E-state index in [0.717, 1.165) is 43.8 Å². The Morgan fingerprint density at radius 1 is 1.20 bits per heavy atom. The minimum atomic E-state index is -0.425. The number of anilines is 2. The fourth-order valence-corrected chi connectivity index (χ4v) is 4.83. The van der Waals surface area contributed by atoms with Crippen LogP contribution in [0.1, 0.15) is 24.0 Å². The van der Waals surface area contributed by atoms with Gasteiger partial charge in [-0.3, -0.25) is 14.5 Å². The van der Waals surface area contributed by atoms with Gasteiger partial charge in [0, 0.05) is 5.02 Å². The Balaban J connectivity index is 0.000000917. The molecule has 0 saturated carbocycles. The van der Waals surface area contributed by atoms with Gasteiger partial charge in [-0.2, -0.15) is 0 Å². The van der Waals surface area contributed by atoms with Gasteiger partial charge in [0.2, 0.25) is 0 Å². The molecule has 1 aromatic heterocycles. The van der Waals surface area contributed by atoms with E-state index in [1.54, 1.807) is 12.1 Å². The van der Waals surface area contributed by atoms with Crippen LogP contribution in [0.15, 0.2) is 30.3 Å². The summed E-state index contributed by atoms with van der Waals surface area (Å²) in [7, 11) is 0. The summed E-state index contributed by atoms with van der Waals surface area (Å²) < 4.78 is 10.8. The standard InChI is InChI=1S/C23H25ClN4O4.CH2O2/c24-18-3-1-2-15-10-14(11-17(15)18)6-8-25-9-7-16-12-28(23(30)32-16)20-5-4-19-22(26-20)27-21(29)13-31-19;2-1-3/h1-5,14,16,25H,6-13H2,(H,26,27,29);1H,(H,2,3). The molecular formula is C24H27ClN4O6. The van der Waals surface area contributed by atoms with Crippen molar-refractivity contribution in [2.75, 3.05) is 36.5 Å². The number of carbonyl (C=O) groups excluding carboxylic acids is 2. The van der Waals surface area contributed by atoms with Crippen LogP contribution in [0.4, 0.5) is 16.4 Å². The number of nitrogens with zero attached hydrogens (tertiary/aromatic N) is 2. The Labute approximate surface area is 207 Å². The van der Waals surface area contributed by atoms with Crippen molar-refractivity contribution in [1.29, 1.82) is 0 Å². The summed E-state index contributed by atoms with van der Waals surface area (Å²) in [4.78, 5) is 38.0. The molecule has 11 heteroatoms. The first-order valence-electron chi connectivity index (χ1n) is 11.4. The topological polar surface area (TPSA) is 130 Å². The lowest BCUT2D eigenvalue weighted by Gasteiger charge is -2.19. The zero-order chi connectivity index (χ0) is 24.8. The summed E-state index contributed by atoms with van der Waals surface area (Å²) in [6.07, 6.45) is 3.33. The third-order valence-electron chi connectivity index (χ3n) is 6.20. The van der Waals surface area contributed by atoms with Gasteiger partial charge in [0.05, 0.1) is 6.54 Å². The van der Waals surface area contributed by atoms with Gasteiger partial charge in [0.25, 0.3) is 12.4 Å². The average molecular weight is 503 g/mol. The predicted octanol–water partition coefficient (Wildman–Crippen LogP) is 2.88. The summed E-state index contributed by atoms with van der Waals surface area (Å²) in [6, 6.07) is 9.57. The van der Waals surface area contributed by atoms with E-state index in [4.69, 9.17) is 31.0 Å². The first-order valence-corrected chi connectivity index (χ1v) is 11.8. The van der Waals surface area contributed by atoms with Crippen molar-refractivity contribution < 1.29 is 29.0 Å². The average Bonchev–Trinajstić information content (AvgIpc) is 3.42. The Morgan fingerprint density at radius 3 is 2.80 bits per heavy atom. The Morgan fingerprint density at radius 2 is 2.00 bits per heavy atom. The summed E-state index contributed by atoms with van der Waals surface area (Å²) in [5, 5.41) is 13.9. The number of cyclic esters (lactones) is 1. The molecule has 0 radical (unpaired) electrons. The van der Waals surface area contributed by atoms with Crippen LogP contribution in [0.5, 0.6) is 5.75 Å². The SMILES string of the molecule is O=C1COc2ccc(N3CC(CCNCCC4Cc5cccc(Cl)c5C4)OC3=O)nc2N1.O=CO. The molecule has 1 fully saturated rings. The number of hydrogen-bond donors (Lipinski definition) is 3. The quantitative estimate of drug-likeness (QED) is 0.389. The van der Waals surface area contributed by atoms with Crippen molar-refractivity contribution in [3.63, 3.8) is 0 Å². The van der Waals surface area contributed by atoms with Crippen molar-refractivity contribution in [3.05, 3.63) is 46.5 Å². The van der Waals surface area contributed by atoms with Crippen molar-refractivity contribution in [2.24, 2.45) is 5.92 Å². The molecule has 186 valence electrons. The lowest BCUT2D eigenvalue weighted by molar-refractivity contribution is -0.123. The predicted molar refractivity (Wildman–Crippen MR) is 129 cm³/mol. The summed E-state index contributed by atoms with van der Waals surface area (Å²) in [5.41, 5.74) is 2.68. The highest BCUT2D eigenvalue weighted by molar-refractivity contribution is 6.31. The number of nitrogens with one attached hydrogen (secondary N) is 2. The second kappa shape index (κ2) is 11.4. The molecule has 3 N–H and O–H groups in total. The number of carboxylic acid groups (broad SMARTS) is 1. The van der Waals surface area contributed by atoms with E-state index >= 15 is 0 Å². The molecule has 1 saturated heterocycles. The van der Waals surface area contributed by atoms with E-state index in [1.807, 2.05) is 12.1 Å². The van der Waals surface area contributed by atoms with Crippen LogP contribution in [0, 0.1) is 5.92 Å². The van der Waals surface area contributed by atoms with Gasteiger partial charge < -0.3 is 25.2 Å². The fourth-order valence-electron chi connectivity index (χ4n) is 4.56. The molecule has 3 heterocycles. The molecule has 2 aromatic rings. The number of amides is 2. The molecule has 10 nitrogen and oxygen atoms in total. The van der Waals surface area contributed by atoms with E-state index in [2.05, 4.69) is 21.7 Å². The van der Waals surface area contributed by atoms with Gasteiger partial charge in [-0.25, -0.2) is 9.78 Å². The first kappa shape index (κ1) is 24.7. The van der Waals surface area contributed by atoms with Crippen molar-refractivity contribution in [2.45, 2.75) is 31.8 Å². The molecule has 0 spiro atoms. The second-order valence-electron chi connectivity index (χ2n) is 8.55. The van der Waals surface area contributed by atoms with Crippen LogP contribution in [0.2, 0.25) is 5.02 Å². The van der Waals surface area contributed by atoms with Crippen molar-refractivity contribution >= 4 is 41.7 Å². The minimum absolute atomic E-state index is 0.0315. The molecule has 1 aromatic carbocycles. The maximum Gasteiger partial charge on any atom is 0.415 e. The zero-order valence-corrected chi connectivity index (χ0v) is 19.8. The molecule has 0 bridgehead atoms. The number of ether oxygens (including phenoxy) is 2. The smallest absolute Gasteiger partial charge is 0.415 e. The van der Waals surface area contributed by atoms with Crippen LogP contribution in [0.25, 0.3) is 0 Å². The molecule has 3 aliphatic rings. The van der Waals surface area contributed by atoms with E-state index in [-0.39, 0.29) is 25.1 Å². The largest absolute Gasteiger partial charge is 0.483 e. The van der Waals surface area contributed by atoms with Gasteiger partial charge in [-0.15, -0.1) is 0 Å². The van der Waals surface area contributed by atoms with E-state index < -0.39 is 6.09 Å². The Kier molecular flexibility index (Phi) is 8.04. The van der Waals surface area contributed by atoms with Gasteiger partial charge in [-0.1, -0.05) is 23.7 Å². The normalized spacial score (nSPS) is 20.1. The van der Waals surface area contributed by atoms with Gasteiger partial charge in [-0.05, 0) is 74.0 Å². The Hall–Kier alpha value is -3.37. The van der Waals surface area contributed by atoms with Crippen LogP contribution in [0.3, 0.4) is 0 Å². The number of carbonyl (C=O) groups is 3. The van der Waals surface area contributed by atoms with Crippen LogP contribution >= 0.6 is 11.6 Å². The molecule has 2 unspecified atom stereocenters. The van der Waals surface area contributed by atoms with Crippen LogP contribution < -0.4 is 20.3 Å². The first-order chi connectivity index (χ1) is 17.0. The lowest BCUT2D eigenvalue weighted by atomic mass is 10.0. The van der Waals surface area contributed by atoms with Gasteiger partial charge in [0.1, 0.15) is 11.9 Å². The summed E-state index contributed by atoms with van der Waals surface area (Å²) in [6.45, 7) is 1.84. The highest BCUT2D eigenvalue weighted by Gasteiger charge is 2.33. The van der Waals surface area contributed by atoms with Crippen LogP contribution in [-0.4, -0.2) is 60.9 Å².